The number of aromatic amines is 1. The number of nitrogens with one attached hydrogen (secondary N) is 2. The fraction of sp³-hybridized carbons (Fsp3) is 0.615. The van der Waals surface area contributed by atoms with E-state index < -0.39 is 17.3 Å². The van der Waals surface area contributed by atoms with Gasteiger partial charge in [-0.3, -0.25) is 9.59 Å². The van der Waals surface area contributed by atoms with Crippen LogP contribution in [-0.4, -0.2) is 28.5 Å². The van der Waals surface area contributed by atoms with Crippen molar-refractivity contribution in [1.82, 2.24) is 15.3 Å². The van der Waals surface area contributed by atoms with E-state index in [0.29, 0.717) is 5.82 Å². The summed E-state index contributed by atoms with van der Waals surface area (Å²) in [4.78, 5) is 30.9. The van der Waals surface area contributed by atoms with Gasteiger partial charge in [-0.1, -0.05) is 20.8 Å². The lowest BCUT2D eigenvalue weighted by molar-refractivity contribution is -0.156. The lowest BCUT2D eigenvalue weighted by Crippen LogP contribution is -2.43. The number of hydrogen-bond acceptors (Lipinski definition) is 4. The minimum atomic E-state index is -0.831. The van der Waals surface area contributed by atoms with E-state index in [1.165, 1.54) is 0 Å². The number of carbonyl (C=O) groups is 2. The van der Waals surface area contributed by atoms with Crippen LogP contribution in [0.2, 0.25) is 0 Å². The van der Waals surface area contributed by atoms with Crippen LogP contribution in [0.3, 0.4) is 0 Å². The van der Waals surface area contributed by atoms with E-state index in [4.69, 9.17) is 4.74 Å². The molecule has 6 nitrogen and oxygen atoms in total. The zero-order valence-electron chi connectivity index (χ0n) is 11.8. The number of imidazole rings is 1. The van der Waals surface area contributed by atoms with Crippen molar-refractivity contribution in [2.45, 2.75) is 34.2 Å². The highest BCUT2D eigenvalue weighted by atomic mass is 16.5. The molecule has 2 N–H and O–H groups in total. The van der Waals surface area contributed by atoms with E-state index >= 15 is 0 Å². The summed E-state index contributed by atoms with van der Waals surface area (Å²) in [5, 5.41) is 2.70. The Morgan fingerprint density at radius 1 is 1.47 bits per heavy atom. The van der Waals surface area contributed by atoms with Gasteiger partial charge < -0.3 is 15.0 Å². The van der Waals surface area contributed by atoms with Crippen molar-refractivity contribution in [2.75, 3.05) is 6.61 Å². The van der Waals surface area contributed by atoms with Gasteiger partial charge in [0.25, 0.3) is 0 Å². The van der Waals surface area contributed by atoms with Crippen molar-refractivity contribution in [3.8, 4) is 0 Å². The Kier molecular flexibility index (Phi) is 5.09. The first kappa shape index (κ1) is 15.2. The monoisotopic (exact) mass is 267 g/mol. The molecular formula is C13H21N3O3. The van der Waals surface area contributed by atoms with E-state index in [-0.39, 0.29) is 19.1 Å². The van der Waals surface area contributed by atoms with Crippen LogP contribution in [0.25, 0.3) is 0 Å². The highest BCUT2D eigenvalue weighted by Crippen LogP contribution is 2.27. The van der Waals surface area contributed by atoms with Gasteiger partial charge in [0.15, 0.2) is 0 Å². The second-order valence-electron chi connectivity index (χ2n) is 5.30. The molecule has 0 saturated carbocycles. The van der Waals surface area contributed by atoms with E-state index in [1.807, 2.05) is 20.8 Å². The SMILES string of the molecule is CCOC(=O)C(C(=O)NCc1ncc[nH]1)C(C)(C)C. The molecule has 0 saturated heterocycles. The zero-order valence-corrected chi connectivity index (χ0v) is 11.8. The van der Waals surface area contributed by atoms with Gasteiger partial charge in [-0.2, -0.15) is 0 Å². The molecule has 0 aliphatic rings. The number of aromatic nitrogens is 2. The molecule has 1 amide bonds. The van der Waals surface area contributed by atoms with Gasteiger partial charge in [0.05, 0.1) is 13.2 Å². The molecule has 1 aromatic heterocycles. The molecule has 0 aliphatic carbocycles. The Bertz CT molecular complexity index is 421. The number of amides is 1. The Morgan fingerprint density at radius 2 is 2.16 bits per heavy atom. The molecule has 1 heterocycles. The maximum absolute atomic E-state index is 12.1. The first-order valence-electron chi connectivity index (χ1n) is 6.29. The molecule has 19 heavy (non-hydrogen) atoms. The second-order valence-corrected chi connectivity index (χ2v) is 5.30. The summed E-state index contributed by atoms with van der Waals surface area (Å²) >= 11 is 0. The van der Waals surface area contributed by atoms with E-state index in [1.54, 1.807) is 19.3 Å². The first-order valence-corrected chi connectivity index (χ1v) is 6.29. The number of hydrogen-bond donors (Lipinski definition) is 2. The number of esters is 1. The van der Waals surface area contributed by atoms with Crippen LogP contribution < -0.4 is 5.32 Å². The number of ether oxygens (including phenoxy) is 1. The van der Waals surface area contributed by atoms with Crippen molar-refractivity contribution >= 4 is 11.9 Å². The third-order valence-electron chi connectivity index (χ3n) is 2.64. The fourth-order valence-electron chi connectivity index (χ4n) is 1.75. The zero-order chi connectivity index (χ0) is 14.5. The van der Waals surface area contributed by atoms with Crippen molar-refractivity contribution in [3.63, 3.8) is 0 Å². The summed E-state index contributed by atoms with van der Waals surface area (Å²) in [6, 6.07) is 0. The van der Waals surface area contributed by atoms with Crippen LogP contribution in [0, 0.1) is 11.3 Å². The summed E-state index contributed by atoms with van der Waals surface area (Å²) in [6.07, 6.45) is 3.28. The molecule has 0 aromatic carbocycles. The summed E-state index contributed by atoms with van der Waals surface area (Å²) in [5.74, 6) is -1.03. The lowest BCUT2D eigenvalue weighted by Gasteiger charge is -2.27. The Balaban J connectivity index is 2.69. The molecular weight excluding hydrogens is 246 g/mol. The van der Waals surface area contributed by atoms with E-state index in [0.717, 1.165) is 0 Å². The Hall–Kier alpha value is -1.85. The fourth-order valence-corrected chi connectivity index (χ4v) is 1.75. The minimum Gasteiger partial charge on any atom is -0.465 e. The second kappa shape index (κ2) is 6.36. The van der Waals surface area contributed by atoms with Crippen LogP contribution in [0.4, 0.5) is 0 Å². The molecule has 1 atom stereocenters. The van der Waals surface area contributed by atoms with Crippen molar-refractivity contribution in [1.29, 1.82) is 0 Å². The normalized spacial score (nSPS) is 12.8. The number of H-pyrrole nitrogens is 1. The summed E-state index contributed by atoms with van der Waals surface area (Å²) < 4.78 is 4.97. The van der Waals surface area contributed by atoms with Crippen LogP contribution in [-0.2, 0) is 20.9 Å². The molecule has 106 valence electrons. The Labute approximate surface area is 112 Å². The average Bonchev–Trinajstić information content (AvgIpc) is 2.77. The van der Waals surface area contributed by atoms with Gasteiger partial charge in [0.1, 0.15) is 11.7 Å². The molecule has 0 spiro atoms. The standard InChI is InChI=1S/C13H21N3O3/c1-5-19-12(18)10(13(2,3)4)11(17)16-8-9-14-6-7-15-9/h6-7,10H,5,8H2,1-4H3,(H,14,15)(H,16,17). The molecule has 0 aliphatic heterocycles. The van der Waals surface area contributed by atoms with Crippen molar-refractivity contribution < 1.29 is 14.3 Å². The maximum atomic E-state index is 12.1. The largest absolute Gasteiger partial charge is 0.465 e. The van der Waals surface area contributed by atoms with Crippen LogP contribution >= 0.6 is 0 Å². The predicted molar refractivity (Wildman–Crippen MR) is 70.0 cm³/mol. The number of carbonyl (C=O) groups excluding carboxylic acids is 2. The first-order chi connectivity index (χ1) is 8.86. The molecule has 0 radical (unpaired) electrons. The maximum Gasteiger partial charge on any atom is 0.319 e. The lowest BCUT2D eigenvalue weighted by atomic mass is 9.80. The van der Waals surface area contributed by atoms with Crippen molar-refractivity contribution in [3.05, 3.63) is 18.2 Å². The molecule has 0 fully saturated rings. The van der Waals surface area contributed by atoms with Gasteiger partial charge in [-0.05, 0) is 12.3 Å². The molecule has 1 unspecified atom stereocenters. The quantitative estimate of drug-likeness (QED) is 0.621. The Morgan fingerprint density at radius 3 is 2.63 bits per heavy atom. The summed E-state index contributed by atoms with van der Waals surface area (Å²) in [7, 11) is 0. The van der Waals surface area contributed by atoms with Gasteiger partial charge in [0.2, 0.25) is 5.91 Å². The van der Waals surface area contributed by atoms with E-state index in [2.05, 4.69) is 15.3 Å². The summed E-state index contributed by atoms with van der Waals surface area (Å²) in [6.45, 7) is 7.75. The van der Waals surface area contributed by atoms with E-state index in [9.17, 15) is 9.59 Å². The van der Waals surface area contributed by atoms with Gasteiger partial charge >= 0.3 is 5.97 Å². The third-order valence-corrected chi connectivity index (χ3v) is 2.64. The molecule has 6 heteroatoms. The molecule has 0 bridgehead atoms. The number of nitrogens with zero attached hydrogens (tertiary/aromatic N) is 1. The third kappa shape index (κ3) is 4.39. The van der Waals surface area contributed by atoms with Gasteiger partial charge in [-0.15, -0.1) is 0 Å². The van der Waals surface area contributed by atoms with Gasteiger partial charge in [-0.25, -0.2) is 4.98 Å². The van der Waals surface area contributed by atoms with Crippen molar-refractivity contribution in [2.24, 2.45) is 11.3 Å². The smallest absolute Gasteiger partial charge is 0.319 e. The minimum absolute atomic E-state index is 0.261. The highest BCUT2D eigenvalue weighted by molar-refractivity contribution is 5.98. The topological polar surface area (TPSA) is 84.1 Å². The average molecular weight is 267 g/mol. The molecule has 1 rings (SSSR count). The van der Waals surface area contributed by atoms with Crippen LogP contribution in [0.5, 0.6) is 0 Å². The van der Waals surface area contributed by atoms with Crippen LogP contribution in [0.15, 0.2) is 12.4 Å². The molecule has 1 aromatic rings. The van der Waals surface area contributed by atoms with Gasteiger partial charge in [0, 0.05) is 12.4 Å². The number of rotatable bonds is 5. The summed E-state index contributed by atoms with van der Waals surface area (Å²) in [5.41, 5.74) is -0.500. The predicted octanol–water partition coefficient (Wildman–Crippen LogP) is 1.25. The highest BCUT2D eigenvalue weighted by Gasteiger charge is 2.38. The van der Waals surface area contributed by atoms with Crippen LogP contribution in [0.1, 0.15) is 33.5 Å².